The van der Waals surface area contributed by atoms with Crippen molar-refractivity contribution in [2.24, 2.45) is 0 Å². The van der Waals surface area contributed by atoms with E-state index < -0.39 is 0 Å². The first kappa shape index (κ1) is 16.9. The lowest BCUT2D eigenvalue weighted by atomic mass is 10.2. The molecule has 142 valence electrons. The van der Waals surface area contributed by atoms with Crippen molar-refractivity contribution in [3.63, 3.8) is 0 Å². The molecule has 0 aliphatic carbocycles. The van der Waals surface area contributed by atoms with Gasteiger partial charge in [0.15, 0.2) is 0 Å². The quantitative estimate of drug-likeness (QED) is 0.596. The lowest BCUT2D eigenvalue weighted by molar-refractivity contribution is 0.313. The summed E-state index contributed by atoms with van der Waals surface area (Å²) in [4.78, 5) is 12.8. The number of likely N-dealkylation sites (N-methyl/N-ethyl adjacent to an activating group) is 1. The molecule has 1 N–H and O–H groups in total. The largest absolute Gasteiger partial charge is 0.369 e. The Morgan fingerprint density at radius 2 is 1.86 bits per heavy atom. The Bertz CT molecular complexity index is 1120. The van der Waals surface area contributed by atoms with Gasteiger partial charge >= 0.3 is 0 Å². The number of H-pyrrole nitrogens is 1. The van der Waals surface area contributed by atoms with Crippen LogP contribution in [0.4, 0.5) is 10.1 Å². The smallest absolute Gasteiger partial charge is 0.141 e. The number of imidazole rings is 1. The molecule has 0 amide bonds. The Hall–Kier alpha value is -3.19. The number of anilines is 1. The van der Waals surface area contributed by atoms with E-state index in [1.165, 1.54) is 17.8 Å². The Morgan fingerprint density at radius 1 is 1.00 bits per heavy atom. The van der Waals surface area contributed by atoms with Crippen LogP contribution in [-0.4, -0.2) is 57.9 Å². The minimum Gasteiger partial charge on any atom is -0.369 e. The summed E-state index contributed by atoms with van der Waals surface area (Å²) in [6.07, 6.45) is 3.60. The van der Waals surface area contributed by atoms with Crippen LogP contribution in [-0.2, 0) is 0 Å². The zero-order valence-electron chi connectivity index (χ0n) is 15.6. The van der Waals surface area contributed by atoms with Gasteiger partial charge in [-0.1, -0.05) is 6.07 Å². The Balaban J connectivity index is 1.44. The van der Waals surface area contributed by atoms with Crippen molar-refractivity contribution in [1.29, 1.82) is 0 Å². The van der Waals surface area contributed by atoms with Gasteiger partial charge in [0.25, 0.3) is 0 Å². The molecule has 1 aliphatic heterocycles. The van der Waals surface area contributed by atoms with Gasteiger partial charge in [-0.15, -0.1) is 0 Å². The standard InChI is InChI=1S/C21H21FN6/c1-26-7-9-27(10-8-26)17-5-6-19-20(12-17)25-21(24-19)15-13-23-28(14-15)18-4-2-3-16(22)11-18/h2-6,11-14H,7-10H2,1H3,(H,24,25). The summed E-state index contributed by atoms with van der Waals surface area (Å²) in [6.45, 7) is 4.21. The Kier molecular flexibility index (Phi) is 4.09. The van der Waals surface area contributed by atoms with E-state index in [4.69, 9.17) is 4.98 Å². The van der Waals surface area contributed by atoms with Gasteiger partial charge in [0.2, 0.25) is 0 Å². The van der Waals surface area contributed by atoms with Gasteiger partial charge in [0.05, 0.1) is 28.5 Å². The van der Waals surface area contributed by atoms with Crippen molar-refractivity contribution in [3.05, 3.63) is 60.7 Å². The van der Waals surface area contributed by atoms with Crippen LogP contribution in [0.5, 0.6) is 0 Å². The van der Waals surface area contributed by atoms with E-state index in [0.29, 0.717) is 5.69 Å². The highest BCUT2D eigenvalue weighted by Gasteiger charge is 2.16. The molecule has 4 aromatic rings. The number of hydrogen-bond donors (Lipinski definition) is 1. The second-order valence-electron chi connectivity index (χ2n) is 7.23. The number of halogens is 1. The fourth-order valence-electron chi connectivity index (χ4n) is 3.60. The molecule has 2 aromatic heterocycles. The van der Waals surface area contributed by atoms with Crippen molar-refractivity contribution >= 4 is 16.7 Å². The third-order valence-corrected chi connectivity index (χ3v) is 5.26. The van der Waals surface area contributed by atoms with Crippen LogP contribution < -0.4 is 4.90 Å². The van der Waals surface area contributed by atoms with Crippen LogP contribution in [0.1, 0.15) is 0 Å². The fourth-order valence-corrected chi connectivity index (χ4v) is 3.60. The van der Waals surface area contributed by atoms with Crippen LogP contribution in [0.3, 0.4) is 0 Å². The zero-order valence-corrected chi connectivity index (χ0v) is 15.6. The lowest BCUT2D eigenvalue weighted by Crippen LogP contribution is -2.44. The second-order valence-corrected chi connectivity index (χ2v) is 7.23. The highest BCUT2D eigenvalue weighted by molar-refractivity contribution is 5.82. The molecule has 0 bridgehead atoms. The SMILES string of the molecule is CN1CCN(c2ccc3nc(-c4cnn(-c5cccc(F)c5)c4)[nH]c3c2)CC1. The normalized spacial score (nSPS) is 15.4. The average molecular weight is 376 g/mol. The fraction of sp³-hybridized carbons (Fsp3) is 0.238. The molecule has 28 heavy (non-hydrogen) atoms. The maximum atomic E-state index is 13.5. The molecule has 1 aliphatic rings. The summed E-state index contributed by atoms with van der Waals surface area (Å²) in [5, 5.41) is 4.35. The van der Waals surface area contributed by atoms with Crippen LogP contribution in [0.25, 0.3) is 28.1 Å². The van der Waals surface area contributed by atoms with Gasteiger partial charge < -0.3 is 14.8 Å². The molecule has 1 fully saturated rings. The lowest BCUT2D eigenvalue weighted by Gasteiger charge is -2.34. The van der Waals surface area contributed by atoms with Crippen molar-refractivity contribution in [2.45, 2.75) is 0 Å². The summed E-state index contributed by atoms with van der Waals surface area (Å²) >= 11 is 0. The molecule has 6 nitrogen and oxygen atoms in total. The van der Waals surface area contributed by atoms with Gasteiger partial charge in [0.1, 0.15) is 11.6 Å². The van der Waals surface area contributed by atoms with E-state index in [2.05, 4.69) is 45.1 Å². The number of aromatic amines is 1. The van der Waals surface area contributed by atoms with Crippen molar-refractivity contribution in [1.82, 2.24) is 24.6 Å². The van der Waals surface area contributed by atoms with E-state index in [0.717, 1.165) is 48.6 Å². The molecular weight excluding hydrogens is 355 g/mol. The second kappa shape index (κ2) is 6.76. The van der Waals surface area contributed by atoms with Crippen molar-refractivity contribution in [3.8, 4) is 17.1 Å². The summed E-state index contributed by atoms with van der Waals surface area (Å²) < 4.78 is 15.1. The number of fused-ring (bicyclic) bond motifs is 1. The van der Waals surface area contributed by atoms with E-state index in [9.17, 15) is 4.39 Å². The van der Waals surface area contributed by atoms with E-state index in [-0.39, 0.29) is 5.82 Å². The predicted molar refractivity (Wildman–Crippen MR) is 108 cm³/mol. The van der Waals surface area contributed by atoms with Crippen molar-refractivity contribution in [2.75, 3.05) is 38.1 Å². The number of nitrogens with one attached hydrogen (secondary N) is 1. The molecule has 7 heteroatoms. The van der Waals surface area contributed by atoms with Gasteiger partial charge in [0, 0.05) is 38.1 Å². The van der Waals surface area contributed by atoms with Crippen LogP contribution >= 0.6 is 0 Å². The minimum atomic E-state index is -0.283. The number of piperazine rings is 1. The molecule has 5 rings (SSSR count). The van der Waals surface area contributed by atoms with E-state index >= 15 is 0 Å². The van der Waals surface area contributed by atoms with Crippen LogP contribution in [0.2, 0.25) is 0 Å². The number of nitrogens with zero attached hydrogens (tertiary/aromatic N) is 5. The highest BCUT2D eigenvalue weighted by atomic mass is 19.1. The number of aromatic nitrogens is 4. The third kappa shape index (κ3) is 3.14. The average Bonchev–Trinajstić information content (AvgIpc) is 3.35. The maximum absolute atomic E-state index is 13.5. The van der Waals surface area contributed by atoms with Gasteiger partial charge in [-0.25, -0.2) is 14.1 Å². The molecule has 2 aromatic carbocycles. The van der Waals surface area contributed by atoms with Gasteiger partial charge in [-0.05, 0) is 43.4 Å². The first-order valence-electron chi connectivity index (χ1n) is 9.40. The molecule has 0 spiro atoms. The molecule has 3 heterocycles. The third-order valence-electron chi connectivity index (χ3n) is 5.26. The van der Waals surface area contributed by atoms with Crippen LogP contribution in [0.15, 0.2) is 54.9 Å². The van der Waals surface area contributed by atoms with E-state index in [1.807, 2.05) is 12.3 Å². The van der Waals surface area contributed by atoms with E-state index in [1.54, 1.807) is 16.9 Å². The molecular formula is C21H21FN6. The zero-order chi connectivity index (χ0) is 19.1. The summed E-state index contributed by atoms with van der Waals surface area (Å²) in [6, 6.07) is 12.7. The number of hydrogen-bond acceptors (Lipinski definition) is 4. The van der Waals surface area contributed by atoms with Gasteiger partial charge in [-0.2, -0.15) is 5.10 Å². The number of rotatable bonds is 3. The predicted octanol–water partition coefficient (Wildman–Crippen LogP) is 3.31. The van der Waals surface area contributed by atoms with Crippen molar-refractivity contribution < 1.29 is 4.39 Å². The molecule has 0 atom stereocenters. The minimum absolute atomic E-state index is 0.283. The topological polar surface area (TPSA) is 53.0 Å². The Morgan fingerprint density at radius 3 is 2.68 bits per heavy atom. The molecule has 1 saturated heterocycles. The molecule has 0 saturated carbocycles. The first-order valence-corrected chi connectivity index (χ1v) is 9.40. The Labute approximate surface area is 162 Å². The molecule has 0 radical (unpaired) electrons. The monoisotopic (exact) mass is 376 g/mol. The summed E-state index contributed by atoms with van der Waals surface area (Å²) in [5.74, 6) is 0.475. The number of benzene rings is 2. The summed E-state index contributed by atoms with van der Waals surface area (Å²) in [7, 11) is 2.16. The first-order chi connectivity index (χ1) is 13.7. The summed E-state index contributed by atoms with van der Waals surface area (Å²) in [5.41, 5.74) is 4.68. The maximum Gasteiger partial charge on any atom is 0.141 e. The van der Waals surface area contributed by atoms with Crippen LogP contribution in [0, 0.1) is 5.82 Å². The molecule has 0 unspecified atom stereocenters. The highest BCUT2D eigenvalue weighted by Crippen LogP contribution is 2.25. The van der Waals surface area contributed by atoms with Gasteiger partial charge in [-0.3, -0.25) is 0 Å².